The second kappa shape index (κ2) is 4.81. The van der Waals surface area contributed by atoms with E-state index in [1.807, 2.05) is 6.92 Å². The van der Waals surface area contributed by atoms with Crippen LogP contribution >= 0.6 is 7.60 Å². The first-order valence-corrected chi connectivity index (χ1v) is 7.32. The lowest BCUT2D eigenvalue weighted by atomic mass is 9.91. The lowest BCUT2D eigenvalue weighted by molar-refractivity contribution is 0.315. The van der Waals surface area contributed by atoms with Crippen molar-refractivity contribution in [3.05, 3.63) is 29.3 Å². The molecule has 1 aromatic carbocycles. The van der Waals surface area contributed by atoms with Gasteiger partial charge in [-0.05, 0) is 37.0 Å². The number of nitrogens with two attached hydrogens (primary N) is 1. The van der Waals surface area contributed by atoms with Gasteiger partial charge in [0.2, 0.25) is 0 Å². The summed E-state index contributed by atoms with van der Waals surface area (Å²) in [6.07, 6.45) is 0.800. The molecule has 0 bridgehead atoms. The Kier molecular flexibility index (Phi) is 4.03. The first kappa shape index (κ1) is 14.2. The van der Waals surface area contributed by atoms with Crippen LogP contribution in [0.4, 0.5) is 5.69 Å². The van der Waals surface area contributed by atoms with Crippen molar-refractivity contribution < 1.29 is 14.4 Å². The van der Waals surface area contributed by atoms with Gasteiger partial charge in [-0.2, -0.15) is 0 Å². The molecule has 0 saturated heterocycles. The van der Waals surface area contributed by atoms with Crippen molar-refractivity contribution in [2.24, 2.45) is 0 Å². The van der Waals surface area contributed by atoms with Gasteiger partial charge in [0.05, 0.1) is 5.16 Å². The van der Waals surface area contributed by atoms with Crippen LogP contribution in [0.1, 0.15) is 37.8 Å². The summed E-state index contributed by atoms with van der Waals surface area (Å²) in [5.41, 5.74) is 7.89. The lowest BCUT2D eigenvalue weighted by Crippen LogP contribution is -2.24. The molecule has 5 heteroatoms. The summed E-state index contributed by atoms with van der Waals surface area (Å²) in [6, 6.07) is 5.20. The van der Waals surface area contributed by atoms with Gasteiger partial charge in [-0.25, -0.2) is 0 Å². The summed E-state index contributed by atoms with van der Waals surface area (Å²) in [5.74, 6) is 0. The Hall–Kier alpha value is -0.830. The molecule has 0 aliphatic heterocycles. The maximum atomic E-state index is 11.8. The van der Waals surface area contributed by atoms with E-state index in [9.17, 15) is 14.4 Å². The zero-order valence-corrected chi connectivity index (χ0v) is 11.4. The van der Waals surface area contributed by atoms with Gasteiger partial charge in [0.1, 0.15) is 0 Å². The molecule has 4 nitrogen and oxygen atoms in total. The van der Waals surface area contributed by atoms with Crippen LogP contribution in [0.2, 0.25) is 0 Å². The summed E-state index contributed by atoms with van der Waals surface area (Å²) in [6.45, 7) is 5.44. The fourth-order valence-electron chi connectivity index (χ4n) is 2.20. The van der Waals surface area contributed by atoms with E-state index >= 15 is 0 Å². The molecule has 0 radical (unpaired) electrons. The predicted molar refractivity (Wildman–Crippen MR) is 69.9 cm³/mol. The van der Waals surface area contributed by atoms with E-state index in [1.165, 1.54) is 0 Å². The van der Waals surface area contributed by atoms with Crippen LogP contribution < -0.4 is 5.73 Å². The average molecular weight is 257 g/mol. The zero-order valence-electron chi connectivity index (χ0n) is 10.5. The number of anilines is 1. The molecule has 1 aromatic rings. The van der Waals surface area contributed by atoms with Crippen LogP contribution in [-0.2, 0) is 9.72 Å². The highest BCUT2D eigenvalue weighted by Crippen LogP contribution is 2.61. The molecular formula is C12H20NO3P. The Bertz CT molecular complexity index is 449. The van der Waals surface area contributed by atoms with Gasteiger partial charge in [-0.1, -0.05) is 26.0 Å². The molecule has 0 spiro atoms. The largest absolute Gasteiger partial charge is 0.399 e. The van der Waals surface area contributed by atoms with Crippen molar-refractivity contribution in [2.75, 3.05) is 5.73 Å². The van der Waals surface area contributed by atoms with Crippen molar-refractivity contribution in [1.29, 1.82) is 0 Å². The molecule has 0 fully saturated rings. The van der Waals surface area contributed by atoms with E-state index in [1.54, 1.807) is 32.0 Å². The Morgan fingerprint density at radius 1 is 1.29 bits per heavy atom. The summed E-state index contributed by atoms with van der Waals surface area (Å²) >= 11 is 0. The third-order valence-corrected chi connectivity index (χ3v) is 5.54. The third-order valence-electron chi connectivity index (χ3n) is 3.53. The van der Waals surface area contributed by atoms with Crippen LogP contribution in [0.3, 0.4) is 0 Å². The average Bonchev–Trinajstić information content (AvgIpc) is 2.23. The topological polar surface area (TPSA) is 83.6 Å². The van der Waals surface area contributed by atoms with Gasteiger partial charge in [-0.15, -0.1) is 0 Å². The molecule has 4 N–H and O–H groups in total. The number of rotatable bonds is 4. The van der Waals surface area contributed by atoms with Crippen molar-refractivity contribution in [3.8, 4) is 0 Å². The number of aryl methyl sites for hydroxylation is 1. The van der Waals surface area contributed by atoms with E-state index in [4.69, 9.17) is 5.73 Å². The van der Waals surface area contributed by atoms with Crippen molar-refractivity contribution in [2.45, 2.75) is 38.8 Å². The summed E-state index contributed by atoms with van der Waals surface area (Å²) in [5, 5.41) is -1.09. The van der Waals surface area contributed by atoms with Gasteiger partial charge in [0.15, 0.2) is 0 Å². The SMILES string of the molecule is CCC(CC)(c1ccc(N)c(C)c1)P(=O)(O)O. The molecule has 1 rings (SSSR count). The Morgan fingerprint density at radius 2 is 1.82 bits per heavy atom. The molecule has 0 unspecified atom stereocenters. The van der Waals surface area contributed by atoms with Crippen LogP contribution in [0.25, 0.3) is 0 Å². The standard InChI is InChI=1S/C12H20NO3P/c1-4-12(5-2,17(14,15)16)10-6-7-11(13)9(3)8-10/h6-8H,4-5,13H2,1-3H3,(H2,14,15,16). The van der Waals surface area contributed by atoms with E-state index in [0.717, 1.165) is 5.56 Å². The maximum absolute atomic E-state index is 11.8. The number of hydrogen-bond acceptors (Lipinski definition) is 2. The van der Waals surface area contributed by atoms with Crippen molar-refractivity contribution in [3.63, 3.8) is 0 Å². The second-order valence-corrected chi connectivity index (χ2v) is 6.30. The van der Waals surface area contributed by atoms with E-state index < -0.39 is 12.8 Å². The summed E-state index contributed by atoms with van der Waals surface area (Å²) in [4.78, 5) is 19.2. The minimum Gasteiger partial charge on any atom is -0.399 e. The molecule has 96 valence electrons. The highest BCUT2D eigenvalue weighted by atomic mass is 31.2. The molecule has 17 heavy (non-hydrogen) atoms. The molecule has 0 aliphatic carbocycles. The fourth-order valence-corrected chi connectivity index (χ4v) is 3.50. The van der Waals surface area contributed by atoms with Gasteiger partial charge in [0.25, 0.3) is 0 Å². The minimum absolute atomic E-state index is 0.400. The molecule has 0 saturated carbocycles. The molecule has 0 amide bonds. The monoisotopic (exact) mass is 257 g/mol. The Labute approximate surface area is 102 Å². The fraction of sp³-hybridized carbons (Fsp3) is 0.500. The minimum atomic E-state index is -4.20. The molecular weight excluding hydrogens is 237 g/mol. The van der Waals surface area contributed by atoms with E-state index in [0.29, 0.717) is 24.1 Å². The molecule has 0 aromatic heterocycles. The van der Waals surface area contributed by atoms with Crippen LogP contribution in [-0.4, -0.2) is 9.79 Å². The molecule has 0 atom stereocenters. The second-order valence-electron chi connectivity index (χ2n) is 4.35. The molecule has 0 heterocycles. The van der Waals surface area contributed by atoms with Gasteiger partial charge in [0, 0.05) is 5.69 Å². The Balaban J connectivity index is 3.43. The number of benzene rings is 1. The molecule has 0 aliphatic rings. The van der Waals surface area contributed by atoms with Crippen LogP contribution in [0.5, 0.6) is 0 Å². The lowest BCUT2D eigenvalue weighted by Gasteiger charge is -2.33. The highest BCUT2D eigenvalue weighted by Gasteiger charge is 2.45. The van der Waals surface area contributed by atoms with E-state index in [2.05, 4.69) is 0 Å². The van der Waals surface area contributed by atoms with Crippen molar-refractivity contribution >= 4 is 13.3 Å². The third kappa shape index (κ3) is 2.39. The summed E-state index contributed by atoms with van der Waals surface area (Å²) in [7, 11) is -4.20. The first-order valence-electron chi connectivity index (χ1n) is 5.70. The predicted octanol–water partition coefficient (Wildman–Crippen LogP) is 2.77. The maximum Gasteiger partial charge on any atom is 0.335 e. The van der Waals surface area contributed by atoms with Crippen LogP contribution in [0.15, 0.2) is 18.2 Å². The van der Waals surface area contributed by atoms with Crippen molar-refractivity contribution in [1.82, 2.24) is 0 Å². The highest BCUT2D eigenvalue weighted by molar-refractivity contribution is 7.53. The van der Waals surface area contributed by atoms with Gasteiger partial charge < -0.3 is 15.5 Å². The van der Waals surface area contributed by atoms with Crippen LogP contribution in [0, 0.1) is 6.92 Å². The quantitative estimate of drug-likeness (QED) is 0.572. The smallest absolute Gasteiger partial charge is 0.335 e. The first-order chi connectivity index (χ1) is 7.78. The van der Waals surface area contributed by atoms with E-state index in [-0.39, 0.29) is 0 Å². The van der Waals surface area contributed by atoms with Gasteiger partial charge in [-0.3, -0.25) is 4.57 Å². The number of hydrogen-bond donors (Lipinski definition) is 3. The summed E-state index contributed by atoms with van der Waals surface area (Å²) < 4.78 is 11.8. The Morgan fingerprint density at radius 3 is 2.18 bits per heavy atom. The zero-order chi connectivity index (χ0) is 13.3. The number of nitrogen functional groups attached to an aromatic ring is 1. The normalized spacial score (nSPS) is 12.8. The van der Waals surface area contributed by atoms with Gasteiger partial charge >= 0.3 is 7.60 Å².